The molecule has 4 rings (SSSR count). The normalized spacial score (nSPS) is 12.3. The summed E-state index contributed by atoms with van der Waals surface area (Å²) in [6, 6.07) is 10.3. The molecule has 33 heavy (non-hydrogen) atoms. The molecule has 2 amide bonds. The van der Waals surface area contributed by atoms with E-state index in [4.69, 9.17) is 14.2 Å². The number of pyridine rings is 1. The van der Waals surface area contributed by atoms with Gasteiger partial charge in [-0.2, -0.15) is 0 Å². The number of hydrogen-bond acceptors (Lipinski definition) is 8. The average Bonchev–Trinajstić information content (AvgIpc) is 3.19. The summed E-state index contributed by atoms with van der Waals surface area (Å²) < 4.78 is 40.8. The van der Waals surface area contributed by atoms with Gasteiger partial charge < -0.3 is 19.5 Å². The van der Waals surface area contributed by atoms with Crippen LogP contribution in [-0.4, -0.2) is 45.1 Å². The van der Waals surface area contributed by atoms with E-state index in [1.54, 1.807) is 25.1 Å². The molecule has 3 N–H and O–H groups in total. The van der Waals surface area contributed by atoms with Crippen LogP contribution in [0.5, 0.6) is 11.5 Å². The van der Waals surface area contributed by atoms with Gasteiger partial charge in [0.1, 0.15) is 11.4 Å². The predicted molar refractivity (Wildman–Crippen MR) is 121 cm³/mol. The highest BCUT2D eigenvalue weighted by molar-refractivity contribution is 7.92. The summed E-state index contributed by atoms with van der Waals surface area (Å²) in [7, 11) is -3.41. The lowest BCUT2D eigenvalue weighted by Gasteiger charge is -2.13. The Balaban J connectivity index is 1.58. The van der Waals surface area contributed by atoms with Crippen LogP contribution in [0.1, 0.15) is 17.3 Å². The fourth-order valence-corrected chi connectivity index (χ4v) is 3.69. The van der Waals surface area contributed by atoms with Crippen LogP contribution in [0, 0.1) is 0 Å². The number of amides is 2. The van der Waals surface area contributed by atoms with Crippen molar-refractivity contribution in [3.63, 3.8) is 0 Å². The Hall–Kier alpha value is -4.06. The SMILES string of the molecule is CCOC(=O)c1cc2cc3c(cc2nc1NC(=O)Nc1ccc(NS(C)(=O)=O)cc1)OCO3. The Morgan fingerprint density at radius 3 is 2.36 bits per heavy atom. The highest BCUT2D eigenvalue weighted by Crippen LogP contribution is 2.36. The van der Waals surface area contributed by atoms with Crippen molar-refractivity contribution in [3.8, 4) is 11.5 Å². The van der Waals surface area contributed by atoms with Crippen LogP contribution in [0.4, 0.5) is 22.0 Å². The van der Waals surface area contributed by atoms with Crippen LogP contribution in [0.25, 0.3) is 10.9 Å². The van der Waals surface area contributed by atoms with Crippen LogP contribution in [0.2, 0.25) is 0 Å². The van der Waals surface area contributed by atoms with Gasteiger partial charge in [-0.05, 0) is 43.3 Å². The van der Waals surface area contributed by atoms with Crippen LogP contribution in [0.15, 0.2) is 42.5 Å². The maximum absolute atomic E-state index is 12.6. The molecule has 0 unspecified atom stereocenters. The molecule has 0 radical (unpaired) electrons. The molecular formula is C21H20N4O7S. The number of carbonyl (C=O) groups excluding carboxylic acids is 2. The van der Waals surface area contributed by atoms with Crippen LogP contribution < -0.4 is 24.8 Å². The quantitative estimate of drug-likeness (QED) is 0.464. The first-order valence-corrected chi connectivity index (χ1v) is 11.7. The van der Waals surface area contributed by atoms with Crippen LogP contribution in [0.3, 0.4) is 0 Å². The Morgan fingerprint density at radius 1 is 1.03 bits per heavy atom. The number of aromatic nitrogens is 1. The molecule has 12 heteroatoms. The molecule has 0 saturated carbocycles. The predicted octanol–water partition coefficient (Wildman–Crippen LogP) is 3.16. The van der Waals surface area contributed by atoms with Crippen molar-refractivity contribution in [2.45, 2.75) is 6.92 Å². The Labute approximate surface area is 189 Å². The van der Waals surface area contributed by atoms with Gasteiger partial charge in [0, 0.05) is 22.8 Å². The van der Waals surface area contributed by atoms with Gasteiger partial charge in [-0.1, -0.05) is 0 Å². The fourth-order valence-electron chi connectivity index (χ4n) is 3.13. The van der Waals surface area contributed by atoms with Gasteiger partial charge in [0.15, 0.2) is 11.5 Å². The molecule has 0 aliphatic carbocycles. The molecular weight excluding hydrogens is 452 g/mol. The van der Waals surface area contributed by atoms with E-state index in [0.717, 1.165) is 6.26 Å². The number of nitrogens with zero attached hydrogens (tertiary/aromatic N) is 1. The number of hydrogen-bond donors (Lipinski definition) is 3. The van der Waals surface area contributed by atoms with Gasteiger partial charge in [-0.25, -0.2) is 23.0 Å². The smallest absolute Gasteiger partial charge is 0.341 e. The van der Waals surface area contributed by atoms with Crippen molar-refractivity contribution >= 4 is 50.1 Å². The summed E-state index contributed by atoms with van der Waals surface area (Å²) in [5, 5.41) is 5.78. The van der Waals surface area contributed by atoms with E-state index in [1.807, 2.05) is 0 Å². The van der Waals surface area contributed by atoms with Crippen molar-refractivity contribution in [1.29, 1.82) is 0 Å². The second-order valence-corrected chi connectivity index (χ2v) is 8.78. The highest BCUT2D eigenvalue weighted by Gasteiger charge is 2.21. The number of urea groups is 1. The number of anilines is 3. The van der Waals surface area contributed by atoms with Gasteiger partial charge in [-0.15, -0.1) is 0 Å². The largest absolute Gasteiger partial charge is 0.462 e. The van der Waals surface area contributed by atoms with Gasteiger partial charge in [-0.3, -0.25) is 10.0 Å². The zero-order chi connectivity index (χ0) is 23.6. The zero-order valence-corrected chi connectivity index (χ0v) is 18.5. The first-order valence-electron chi connectivity index (χ1n) is 9.79. The Morgan fingerprint density at radius 2 is 1.70 bits per heavy atom. The van der Waals surface area contributed by atoms with Crippen molar-refractivity contribution in [3.05, 3.63) is 48.0 Å². The molecule has 0 atom stereocenters. The minimum absolute atomic E-state index is 0.00711. The summed E-state index contributed by atoms with van der Waals surface area (Å²) in [5.74, 6) is 0.409. The van der Waals surface area contributed by atoms with E-state index in [1.165, 1.54) is 24.3 Å². The molecule has 0 bridgehead atoms. The van der Waals surface area contributed by atoms with Crippen molar-refractivity contribution in [2.24, 2.45) is 0 Å². The van der Waals surface area contributed by atoms with Gasteiger partial charge in [0.2, 0.25) is 16.8 Å². The second kappa shape index (κ2) is 8.82. The molecule has 1 aliphatic rings. The molecule has 0 fully saturated rings. The third-order valence-electron chi connectivity index (χ3n) is 4.48. The molecule has 1 aliphatic heterocycles. The molecule has 11 nitrogen and oxygen atoms in total. The number of carbonyl (C=O) groups is 2. The number of rotatable bonds is 6. The van der Waals surface area contributed by atoms with Crippen molar-refractivity contribution in [2.75, 3.05) is 35.0 Å². The molecule has 2 aromatic carbocycles. The lowest BCUT2D eigenvalue weighted by molar-refractivity contribution is 0.0527. The molecule has 0 saturated heterocycles. The third-order valence-corrected chi connectivity index (χ3v) is 5.09. The first-order chi connectivity index (χ1) is 15.7. The number of nitrogens with one attached hydrogen (secondary N) is 3. The molecule has 0 spiro atoms. The van der Waals surface area contributed by atoms with E-state index >= 15 is 0 Å². The standard InChI is InChI=1S/C21H20N4O7S/c1-3-30-20(26)15-8-12-9-17-18(32-11-31-17)10-16(12)23-19(15)24-21(27)22-13-4-6-14(7-5-13)25-33(2,28)29/h4-10,25H,3,11H2,1-2H3,(H2,22,23,24,27). The topological polar surface area (TPSA) is 145 Å². The molecule has 172 valence electrons. The summed E-state index contributed by atoms with van der Waals surface area (Å²) >= 11 is 0. The lowest BCUT2D eigenvalue weighted by atomic mass is 10.1. The highest BCUT2D eigenvalue weighted by atomic mass is 32.2. The van der Waals surface area contributed by atoms with E-state index in [2.05, 4.69) is 20.3 Å². The van der Waals surface area contributed by atoms with Crippen LogP contribution in [-0.2, 0) is 14.8 Å². The minimum Gasteiger partial charge on any atom is -0.462 e. The van der Waals surface area contributed by atoms with E-state index < -0.39 is 22.0 Å². The zero-order valence-electron chi connectivity index (χ0n) is 17.7. The van der Waals surface area contributed by atoms with Crippen molar-refractivity contribution in [1.82, 2.24) is 4.98 Å². The second-order valence-electron chi connectivity index (χ2n) is 7.03. The summed E-state index contributed by atoms with van der Waals surface area (Å²) in [6.07, 6.45) is 1.04. The first kappa shape index (κ1) is 22.1. The third kappa shape index (κ3) is 5.23. The lowest BCUT2D eigenvalue weighted by Crippen LogP contribution is -2.22. The number of ether oxygens (including phenoxy) is 3. The minimum atomic E-state index is -3.41. The van der Waals surface area contributed by atoms with Gasteiger partial charge in [0.25, 0.3) is 0 Å². The maximum atomic E-state index is 12.6. The Bertz CT molecular complexity index is 1340. The number of sulfonamides is 1. The molecule has 3 aromatic rings. The summed E-state index contributed by atoms with van der Waals surface area (Å²) in [6.45, 7) is 1.91. The number of fused-ring (bicyclic) bond motifs is 2. The van der Waals surface area contributed by atoms with E-state index in [9.17, 15) is 18.0 Å². The Kier molecular flexibility index (Phi) is 5.92. The van der Waals surface area contributed by atoms with Crippen molar-refractivity contribution < 1.29 is 32.2 Å². The maximum Gasteiger partial charge on any atom is 0.341 e. The molecule has 2 heterocycles. The average molecular weight is 472 g/mol. The fraction of sp³-hybridized carbons (Fsp3) is 0.190. The summed E-state index contributed by atoms with van der Waals surface area (Å²) in [4.78, 5) is 29.5. The van der Waals surface area contributed by atoms with Crippen LogP contribution >= 0.6 is 0 Å². The monoisotopic (exact) mass is 472 g/mol. The van der Waals surface area contributed by atoms with E-state index in [-0.39, 0.29) is 24.8 Å². The van der Waals surface area contributed by atoms with E-state index in [0.29, 0.717) is 33.8 Å². The van der Waals surface area contributed by atoms with Gasteiger partial charge >= 0.3 is 12.0 Å². The number of esters is 1. The van der Waals surface area contributed by atoms with Gasteiger partial charge in [0.05, 0.1) is 18.4 Å². The summed E-state index contributed by atoms with van der Waals surface area (Å²) in [5.41, 5.74) is 1.31. The molecule has 1 aromatic heterocycles. The number of benzene rings is 2.